The third-order valence-corrected chi connectivity index (χ3v) is 8.52. The van der Waals surface area contributed by atoms with Gasteiger partial charge in [-0.25, -0.2) is 26.4 Å². The molecule has 1 unspecified atom stereocenters. The zero-order valence-electron chi connectivity index (χ0n) is 18.6. The topological polar surface area (TPSA) is 139 Å². The van der Waals surface area contributed by atoms with Crippen LogP contribution < -0.4 is 4.72 Å². The minimum Gasteiger partial charge on any atom is -0.275 e. The number of nitrogens with zero attached hydrogens (tertiary/aromatic N) is 4. The molecule has 3 aliphatic rings. The molecule has 1 fully saturated rings. The number of sulfone groups is 1. The molecule has 3 amide bonds. The molecule has 13 heteroatoms. The molecule has 2 heterocycles. The predicted molar refractivity (Wildman–Crippen MR) is 120 cm³/mol. The van der Waals surface area contributed by atoms with Crippen molar-refractivity contribution in [2.45, 2.75) is 37.1 Å². The lowest BCUT2D eigenvalue weighted by atomic mass is 9.99. The quantitative estimate of drug-likeness (QED) is 0.488. The Bertz CT molecular complexity index is 1330. The van der Waals surface area contributed by atoms with E-state index in [0.29, 0.717) is 5.56 Å². The summed E-state index contributed by atoms with van der Waals surface area (Å²) in [6, 6.07) is -0.672. The third kappa shape index (κ3) is 4.99. The Morgan fingerprint density at radius 3 is 2.52 bits per heavy atom. The van der Waals surface area contributed by atoms with Crippen LogP contribution in [0.5, 0.6) is 0 Å². The van der Waals surface area contributed by atoms with Crippen LogP contribution in [0.15, 0.2) is 36.2 Å². The highest BCUT2D eigenvalue weighted by molar-refractivity contribution is 7.90. The van der Waals surface area contributed by atoms with Gasteiger partial charge in [-0.15, -0.1) is 0 Å². The van der Waals surface area contributed by atoms with Gasteiger partial charge in [0.15, 0.2) is 9.84 Å². The van der Waals surface area contributed by atoms with Crippen molar-refractivity contribution < 1.29 is 31.0 Å². The maximum Gasteiger partial charge on any atom is 0.501 e. The van der Waals surface area contributed by atoms with Gasteiger partial charge in [-0.05, 0) is 31.9 Å². The smallest absolute Gasteiger partial charge is 0.275 e. The first-order valence-corrected chi connectivity index (χ1v) is 14.0. The van der Waals surface area contributed by atoms with Crippen molar-refractivity contribution in [1.29, 1.82) is 0 Å². The standard InChI is InChI=1S/C20H26N5O6S2/c1-20(6-7-20)22-33(30,31)15-4-5-17-16(10-15)18(26)25(13-14-11-21-23(2)12-14)19(27)24(17)8-9-32(3,28)29/h4-5,10-12,15,22H,6-9,13H2,1-3H3/q+1. The van der Waals surface area contributed by atoms with Crippen molar-refractivity contribution in [1.82, 2.24) is 19.4 Å². The molecule has 178 valence electrons. The van der Waals surface area contributed by atoms with Gasteiger partial charge in [-0.2, -0.15) is 19.4 Å². The lowest BCUT2D eigenvalue weighted by molar-refractivity contribution is -0.431. The van der Waals surface area contributed by atoms with Crippen molar-refractivity contribution >= 4 is 37.5 Å². The van der Waals surface area contributed by atoms with Gasteiger partial charge in [0.25, 0.3) is 0 Å². The molecule has 11 nitrogen and oxygen atoms in total. The van der Waals surface area contributed by atoms with E-state index in [0.717, 1.165) is 24.0 Å². The van der Waals surface area contributed by atoms with Crippen LogP contribution in [-0.2, 0) is 38.2 Å². The van der Waals surface area contributed by atoms with Gasteiger partial charge in [-0.1, -0.05) is 6.08 Å². The number of nitrogens with one attached hydrogen (secondary N) is 1. The summed E-state index contributed by atoms with van der Waals surface area (Å²) in [7, 11) is -5.49. The molecule has 0 spiro atoms. The molecule has 2 aliphatic carbocycles. The zero-order chi connectivity index (χ0) is 24.2. The summed E-state index contributed by atoms with van der Waals surface area (Å²) in [6.45, 7) is 1.57. The number of aryl methyl sites for hydroxylation is 1. The number of carbonyl (C=O) groups excluding carboxylic acids is 2. The van der Waals surface area contributed by atoms with Gasteiger partial charge in [-0.3, -0.25) is 4.68 Å². The Morgan fingerprint density at radius 2 is 1.94 bits per heavy atom. The molecule has 0 saturated heterocycles. The maximum atomic E-state index is 13.3. The average molecular weight is 497 g/mol. The number of carbonyl (C=O) groups is 2. The van der Waals surface area contributed by atoms with Crippen LogP contribution in [0.3, 0.4) is 0 Å². The normalized spacial score (nSPS) is 22.5. The molecule has 1 aromatic heterocycles. The number of urea groups is 1. The summed E-state index contributed by atoms with van der Waals surface area (Å²) in [4.78, 5) is 27.5. The fourth-order valence-electron chi connectivity index (χ4n) is 3.72. The lowest BCUT2D eigenvalue weighted by Gasteiger charge is -2.26. The van der Waals surface area contributed by atoms with Crippen LogP contribution in [0.25, 0.3) is 0 Å². The molecule has 1 N–H and O–H groups in total. The Morgan fingerprint density at radius 1 is 1.24 bits per heavy atom. The number of rotatable bonds is 8. The van der Waals surface area contributed by atoms with Crippen LogP contribution in [0.2, 0.25) is 0 Å². The summed E-state index contributed by atoms with van der Waals surface area (Å²) >= 11 is 0. The van der Waals surface area contributed by atoms with Gasteiger partial charge in [0.2, 0.25) is 10.0 Å². The monoisotopic (exact) mass is 496 g/mol. The van der Waals surface area contributed by atoms with E-state index < -0.39 is 42.6 Å². The number of hydrogen-bond acceptors (Lipinski definition) is 7. The van der Waals surface area contributed by atoms with Crippen LogP contribution >= 0.6 is 0 Å². The van der Waals surface area contributed by atoms with Gasteiger partial charge in [0.05, 0.1) is 11.9 Å². The summed E-state index contributed by atoms with van der Waals surface area (Å²) in [5.41, 5.74) is 0.367. The molecule has 1 atom stereocenters. The first-order valence-electron chi connectivity index (χ1n) is 10.4. The summed E-state index contributed by atoms with van der Waals surface area (Å²) in [6.07, 6.45) is 9.84. The summed E-state index contributed by atoms with van der Waals surface area (Å²) in [5.74, 6) is -0.948. The molecule has 0 bridgehead atoms. The number of allylic oxidation sites excluding steroid dienone is 1. The highest BCUT2D eigenvalue weighted by Crippen LogP contribution is 2.36. The van der Waals surface area contributed by atoms with E-state index in [4.69, 9.17) is 0 Å². The highest BCUT2D eigenvalue weighted by Gasteiger charge is 2.47. The number of imide groups is 1. The Kier molecular flexibility index (Phi) is 5.69. The molecule has 0 radical (unpaired) electrons. The number of sulfonamides is 1. The average Bonchev–Trinajstić information content (AvgIpc) is 3.27. The van der Waals surface area contributed by atoms with E-state index >= 15 is 0 Å². The van der Waals surface area contributed by atoms with Crippen LogP contribution in [0, 0.1) is 0 Å². The van der Waals surface area contributed by atoms with E-state index in [1.807, 2.05) is 6.92 Å². The van der Waals surface area contributed by atoms with E-state index in [-0.39, 0.29) is 30.1 Å². The SMILES string of the molecule is Cn1cc(CN2C(=O)C3=CC(S(=O)(=O)NC4(C)CC4)C=CC3=[N+](CCS(C)(=O)=O)C2=O)cn1. The fraction of sp³-hybridized carbons (Fsp3) is 0.500. The largest absolute Gasteiger partial charge is 0.501 e. The van der Waals surface area contributed by atoms with Crippen molar-refractivity contribution in [2.24, 2.45) is 7.05 Å². The first kappa shape index (κ1) is 23.5. The van der Waals surface area contributed by atoms with Gasteiger partial charge < -0.3 is 0 Å². The zero-order valence-corrected chi connectivity index (χ0v) is 20.2. The number of aromatic nitrogens is 2. The van der Waals surface area contributed by atoms with Crippen molar-refractivity contribution in [3.05, 3.63) is 41.8 Å². The first-order chi connectivity index (χ1) is 15.3. The molecular formula is C20H26N5O6S2+. The highest BCUT2D eigenvalue weighted by atomic mass is 32.2. The van der Waals surface area contributed by atoms with Crippen LogP contribution in [-0.4, -0.2) is 83.1 Å². The number of hydrogen-bond donors (Lipinski definition) is 1. The Labute approximate surface area is 192 Å². The van der Waals surface area contributed by atoms with Crippen LogP contribution in [0.4, 0.5) is 4.79 Å². The lowest BCUT2D eigenvalue weighted by Crippen LogP contribution is -2.52. The van der Waals surface area contributed by atoms with Gasteiger partial charge >= 0.3 is 11.9 Å². The van der Waals surface area contributed by atoms with Crippen molar-refractivity contribution in [3.63, 3.8) is 0 Å². The minimum absolute atomic E-state index is 0.0471. The second-order valence-electron chi connectivity index (χ2n) is 8.97. The Balaban J connectivity index is 1.73. The molecule has 1 aromatic rings. The third-order valence-electron chi connectivity index (χ3n) is 5.81. The van der Waals surface area contributed by atoms with Gasteiger partial charge in [0, 0.05) is 30.6 Å². The fourth-order valence-corrected chi connectivity index (χ4v) is 5.86. The van der Waals surface area contributed by atoms with E-state index in [1.165, 1.54) is 33.7 Å². The van der Waals surface area contributed by atoms with Crippen molar-refractivity contribution in [3.8, 4) is 0 Å². The summed E-state index contributed by atoms with van der Waals surface area (Å²) in [5, 5.41) is 2.95. The van der Waals surface area contributed by atoms with Crippen molar-refractivity contribution in [2.75, 3.05) is 18.6 Å². The van der Waals surface area contributed by atoms with E-state index in [2.05, 4.69) is 9.82 Å². The predicted octanol–water partition coefficient (Wildman–Crippen LogP) is -0.283. The molecule has 4 rings (SSSR count). The van der Waals surface area contributed by atoms with Crippen LogP contribution in [0.1, 0.15) is 25.3 Å². The minimum atomic E-state index is -3.80. The second kappa shape index (κ2) is 7.99. The van der Waals surface area contributed by atoms with Gasteiger partial charge in [0.1, 0.15) is 29.6 Å². The molecule has 1 saturated carbocycles. The Hall–Kier alpha value is -2.64. The second-order valence-corrected chi connectivity index (χ2v) is 13.1. The summed E-state index contributed by atoms with van der Waals surface area (Å²) < 4.78 is 54.7. The number of amides is 3. The van der Waals surface area contributed by atoms with E-state index in [1.54, 1.807) is 13.2 Å². The molecule has 0 aromatic carbocycles. The molecule has 33 heavy (non-hydrogen) atoms. The molecular weight excluding hydrogens is 470 g/mol. The molecule has 1 aliphatic heterocycles. The maximum absolute atomic E-state index is 13.3. The number of fused-ring (bicyclic) bond motifs is 1. The van der Waals surface area contributed by atoms with E-state index in [9.17, 15) is 26.4 Å².